The highest BCUT2D eigenvalue weighted by molar-refractivity contribution is 6.04. The van der Waals surface area contributed by atoms with Crippen molar-refractivity contribution in [2.45, 2.75) is 5.41 Å². The lowest BCUT2D eigenvalue weighted by atomic mass is 9.70. The lowest BCUT2D eigenvalue weighted by Gasteiger charge is -2.33. The predicted octanol–water partition coefficient (Wildman–Crippen LogP) is 15.8. The van der Waals surface area contributed by atoms with Crippen LogP contribution in [0.4, 0.5) is 17.1 Å². The van der Waals surface area contributed by atoms with Gasteiger partial charge in [0.05, 0.1) is 11.1 Å². The Bertz CT molecular complexity index is 3340. The highest BCUT2D eigenvalue weighted by Gasteiger charge is 2.51. The minimum Gasteiger partial charge on any atom is -0.455 e. The largest absolute Gasteiger partial charge is 0.455 e. The van der Waals surface area contributed by atoms with E-state index in [-0.39, 0.29) is 0 Å². The van der Waals surface area contributed by atoms with Gasteiger partial charge in [-0.3, -0.25) is 0 Å². The molecule has 10 aromatic rings. The summed E-state index contributed by atoms with van der Waals surface area (Å²) in [5, 5.41) is 2.25. The van der Waals surface area contributed by atoms with E-state index in [1.54, 1.807) is 0 Å². The van der Waals surface area contributed by atoms with Gasteiger partial charge in [-0.15, -0.1) is 0 Å². The van der Waals surface area contributed by atoms with Crippen LogP contribution in [-0.2, 0) is 5.41 Å². The average molecular weight is 776 g/mol. The van der Waals surface area contributed by atoms with Crippen molar-refractivity contribution in [2.24, 2.45) is 0 Å². The van der Waals surface area contributed by atoms with Crippen molar-refractivity contribution in [2.75, 3.05) is 4.90 Å². The zero-order chi connectivity index (χ0) is 40.1. The number of ether oxygens (including phenoxy) is 1. The maximum Gasteiger partial charge on any atom is 0.143 e. The number of hydrogen-bond donors (Lipinski definition) is 0. The SMILES string of the molecule is c1ccc(-c2ccc(N(c3ccc4c(c3)C3(c5ccccc5-c5ccccc53)c3ccccc3-4)c3cccc4c3-c3ccccc3-c3ccc5ccccc5c3O4)cc2)cc1. The van der Waals surface area contributed by atoms with E-state index in [1.807, 2.05) is 0 Å². The summed E-state index contributed by atoms with van der Waals surface area (Å²) in [6.45, 7) is 0. The van der Waals surface area contributed by atoms with E-state index in [9.17, 15) is 0 Å². The summed E-state index contributed by atoms with van der Waals surface area (Å²) in [5.74, 6) is 1.71. The fraction of sp³-hybridized carbons (Fsp3) is 0.0169. The molecule has 61 heavy (non-hydrogen) atoms. The Morgan fingerprint density at radius 1 is 0.344 bits per heavy atom. The van der Waals surface area contributed by atoms with Crippen molar-refractivity contribution in [3.05, 3.63) is 247 Å². The monoisotopic (exact) mass is 775 g/mol. The van der Waals surface area contributed by atoms with Crippen LogP contribution in [-0.4, -0.2) is 0 Å². The number of benzene rings is 10. The summed E-state index contributed by atoms with van der Waals surface area (Å²) in [7, 11) is 0. The molecule has 0 radical (unpaired) electrons. The molecule has 3 aliphatic rings. The normalized spacial score (nSPS) is 13.2. The summed E-state index contributed by atoms with van der Waals surface area (Å²) in [4.78, 5) is 2.45. The number of rotatable bonds is 4. The molecule has 2 nitrogen and oxygen atoms in total. The standard InChI is InChI=1S/C59H37NO/c1-2-15-38(16-3-1)39-29-32-41(33-30-39)60(55-27-14-28-56-57(55)49-23-7-6-19-44(49)50-35-31-40-17-4-5-18-43(40)58(50)61-56)42-34-36-48-47-22-10-13-26-53(47)59(54(48)37-42)51-24-11-8-20-45(51)46-21-9-12-25-52(46)59/h1-37H. The van der Waals surface area contributed by atoms with Gasteiger partial charge in [-0.05, 0) is 115 Å². The van der Waals surface area contributed by atoms with E-state index in [1.165, 1.54) is 55.6 Å². The molecule has 0 aromatic heterocycles. The van der Waals surface area contributed by atoms with Crippen LogP contribution in [0.3, 0.4) is 0 Å². The second-order valence-electron chi connectivity index (χ2n) is 16.3. The Morgan fingerprint density at radius 2 is 0.885 bits per heavy atom. The van der Waals surface area contributed by atoms with Crippen LogP contribution in [0, 0.1) is 0 Å². The van der Waals surface area contributed by atoms with Gasteiger partial charge in [0.25, 0.3) is 0 Å². The zero-order valence-electron chi connectivity index (χ0n) is 33.2. The molecule has 0 unspecified atom stereocenters. The second kappa shape index (κ2) is 13.0. The van der Waals surface area contributed by atoms with Crippen molar-refractivity contribution >= 4 is 27.8 Å². The van der Waals surface area contributed by atoms with Crippen LogP contribution >= 0.6 is 0 Å². The summed E-state index contributed by atoms with van der Waals surface area (Å²) in [6, 6.07) is 82.2. The lowest BCUT2D eigenvalue weighted by molar-refractivity contribution is 0.493. The van der Waals surface area contributed by atoms with Crippen LogP contribution in [0.5, 0.6) is 11.5 Å². The molecule has 284 valence electrons. The minimum atomic E-state index is -0.468. The van der Waals surface area contributed by atoms with E-state index >= 15 is 0 Å². The van der Waals surface area contributed by atoms with Crippen molar-refractivity contribution in [1.82, 2.24) is 0 Å². The van der Waals surface area contributed by atoms with Crippen LogP contribution < -0.4 is 9.64 Å². The zero-order valence-corrected chi connectivity index (χ0v) is 33.2. The maximum atomic E-state index is 7.18. The molecule has 0 N–H and O–H groups in total. The van der Waals surface area contributed by atoms with Crippen molar-refractivity contribution in [3.63, 3.8) is 0 Å². The molecule has 0 amide bonds. The van der Waals surface area contributed by atoms with Gasteiger partial charge in [-0.25, -0.2) is 0 Å². The maximum absolute atomic E-state index is 7.18. The van der Waals surface area contributed by atoms with Crippen LogP contribution in [0.1, 0.15) is 22.3 Å². The first-order chi connectivity index (χ1) is 30.3. The highest BCUT2D eigenvalue weighted by Crippen LogP contribution is 2.64. The molecule has 0 atom stereocenters. The molecular weight excluding hydrogens is 739 g/mol. The lowest BCUT2D eigenvalue weighted by Crippen LogP contribution is -2.26. The molecule has 1 aliphatic heterocycles. The number of fused-ring (bicyclic) bond motifs is 17. The van der Waals surface area contributed by atoms with Crippen LogP contribution in [0.2, 0.25) is 0 Å². The Morgan fingerprint density at radius 3 is 1.59 bits per heavy atom. The first kappa shape index (κ1) is 34.0. The number of anilines is 3. The van der Waals surface area contributed by atoms with Gasteiger partial charge >= 0.3 is 0 Å². The minimum absolute atomic E-state index is 0.468. The highest BCUT2D eigenvalue weighted by atomic mass is 16.5. The number of nitrogens with zero attached hydrogens (tertiary/aromatic N) is 1. The molecule has 1 heterocycles. The van der Waals surface area contributed by atoms with Gasteiger partial charge in [-0.1, -0.05) is 182 Å². The summed E-state index contributed by atoms with van der Waals surface area (Å²) in [6.07, 6.45) is 0. The molecule has 13 rings (SSSR count). The van der Waals surface area contributed by atoms with Gasteiger partial charge in [0.1, 0.15) is 11.5 Å². The smallest absolute Gasteiger partial charge is 0.143 e. The summed E-state index contributed by atoms with van der Waals surface area (Å²) < 4.78 is 7.18. The predicted molar refractivity (Wildman–Crippen MR) is 251 cm³/mol. The van der Waals surface area contributed by atoms with Gasteiger partial charge in [0.15, 0.2) is 0 Å². The van der Waals surface area contributed by atoms with Crippen molar-refractivity contribution in [3.8, 4) is 67.1 Å². The fourth-order valence-corrected chi connectivity index (χ4v) is 10.8. The number of hydrogen-bond acceptors (Lipinski definition) is 2. The third-order valence-electron chi connectivity index (χ3n) is 13.3. The van der Waals surface area contributed by atoms with E-state index in [0.29, 0.717) is 0 Å². The fourth-order valence-electron chi connectivity index (χ4n) is 10.8. The Hall–Kier alpha value is -7.94. The van der Waals surface area contributed by atoms with Crippen LogP contribution in [0.25, 0.3) is 66.4 Å². The molecule has 0 bridgehead atoms. The molecule has 2 aliphatic carbocycles. The van der Waals surface area contributed by atoms with E-state index in [2.05, 4.69) is 229 Å². The van der Waals surface area contributed by atoms with Gasteiger partial charge in [0, 0.05) is 27.9 Å². The summed E-state index contributed by atoms with van der Waals surface area (Å²) >= 11 is 0. The van der Waals surface area contributed by atoms with Crippen molar-refractivity contribution < 1.29 is 4.74 Å². The third kappa shape index (κ3) is 4.79. The van der Waals surface area contributed by atoms with E-state index < -0.39 is 5.41 Å². The Labute approximate surface area is 355 Å². The topological polar surface area (TPSA) is 12.5 Å². The molecule has 0 saturated carbocycles. The quantitative estimate of drug-likeness (QED) is 0.177. The van der Waals surface area contributed by atoms with Crippen molar-refractivity contribution in [1.29, 1.82) is 0 Å². The Kier molecular flexibility index (Phi) is 7.26. The summed E-state index contributed by atoms with van der Waals surface area (Å²) in [5.41, 5.74) is 20.0. The average Bonchev–Trinajstić information content (AvgIpc) is 3.73. The first-order valence-electron chi connectivity index (χ1n) is 21.1. The van der Waals surface area contributed by atoms with Crippen LogP contribution in [0.15, 0.2) is 224 Å². The van der Waals surface area contributed by atoms with Gasteiger partial charge in [0.2, 0.25) is 0 Å². The molecular formula is C59H37NO. The van der Waals surface area contributed by atoms with E-state index in [0.717, 1.165) is 61.6 Å². The van der Waals surface area contributed by atoms with Gasteiger partial charge < -0.3 is 9.64 Å². The molecule has 0 fully saturated rings. The van der Waals surface area contributed by atoms with E-state index in [4.69, 9.17) is 4.74 Å². The second-order valence-corrected chi connectivity index (χ2v) is 16.3. The molecule has 2 heteroatoms. The molecule has 1 spiro atoms. The third-order valence-corrected chi connectivity index (χ3v) is 13.3. The Balaban J connectivity index is 1.08. The van der Waals surface area contributed by atoms with Gasteiger partial charge in [-0.2, -0.15) is 0 Å². The first-order valence-corrected chi connectivity index (χ1v) is 21.1. The molecule has 10 aromatic carbocycles. The molecule has 0 saturated heterocycles.